The minimum Gasteiger partial charge on any atom is -0.251 e. The molecule has 0 spiro atoms. The normalized spacial score (nSPS) is 10.5. The Hall–Kier alpha value is -1.59. The van der Waals surface area contributed by atoms with E-state index in [4.69, 9.17) is 0 Å². The van der Waals surface area contributed by atoms with Crippen LogP contribution in [0.15, 0.2) is 52.6 Å². The first-order chi connectivity index (χ1) is 7.93. The van der Waals surface area contributed by atoms with Crippen molar-refractivity contribution in [3.8, 4) is 11.4 Å². The summed E-state index contributed by atoms with van der Waals surface area (Å²) >= 11 is 3.34. The summed E-state index contributed by atoms with van der Waals surface area (Å²) in [6, 6.07) is 2.12. The van der Waals surface area contributed by atoms with Crippen LogP contribution in [0.1, 0.15) is 0 Å². The molecule has 3 rings (SSSR count). The minimum absolute atomic E-state index is 1.08. The molecule has 0 unspecified atom stereocenters. The predicted octanol–water partition coefficient (Wildman–Crippen LogP) is 1.76. The highest BCUT2D eigenvalue weighted by molar-refractivity contribution is 7.07. The van der Waals surface area contributed by atoms with Crippen molar-refractivity contribution in [2.45, 2.75) is 0 Å². The molecule has 0 aliphatic heterocycles. The maximum Gasteiger partial charge on any atom is 0.236 e. The van der Waals surface area contributed by atoms with Crippen LogP contribution in [-0.2, 0) is 0 Å². The summed E-state index contributed by atoms with van der Waals surface area (Å²) in [7, 11) is 0. The van der Waals surface area contributed by atoms with Gasteiger partial charge in [0.2, 0.25) is 22.4 Å². The molecular weight excluding hydrogens is 238 g/mol. The molecule has 0 aliphatic rings. The number of aromatic nitrogens is 3. The quantitative estimate of drug-likeness (QED) is 0.632. The first-order valence-electron chi connectivity index (χ1n) is 4.76. The average Bonchev–Trinajstić information content (AvgIpc) is 3.03. The zero-order valence-corrected chi connectivity index (χ0v) is 9.99. The number of hydrogen-bond acceptors (Lipinski definition) is 3. The maximum absolute atomic E-state index is 4.26. The molecule has 16 heavy (non-hydrogen) atoms. The Balaban J connectivity index is 2.07. The van der Waals surface area contributed by atoms with E-state index in [2.05, 4.69) is 31.2 Å². The van der Waals surface area contributed by atoms with Gasteiger partial charge in [0, 0.05) is 0 Å². The van der Waals surface area contributed by atoms with Gasteiger partial charge in [0.05, 0.1) is 29.2 Å². The van der Waals surface area contributed by atoms with Crippen molar-refractivity contribution in [2.24, 2.45) is 0 Å². The number of hydrogen-bond donors (Lipinski definition) is 0. The highest BCUT2D eigenvalue weighted by Gasteiger charge is 2.12. The van der Waals surface area contributed by atoms with Gasteiger partial charge in [0.15, 0.2) is 12.4 Å². The number of nitrogens with zero attached hydrogens (tertiary/aromatic N) is 3. The second-order valence-electron chi connectivity index (χ2n) is 3.27. The SMILES string of the molecule is c1c[n+](-c2cncc(-[n+]3ccsc3)c2)cs1. The molecule has 78 valence electrons. The van der Waals surface area contributed by atoms with Crippen molar-refractivity contribution >= 4 is 22.7 Å². The lowest BCUT2D eigenvalue weighted by Crippen LogP contribution is -2.31. The Bertz CT molecular complexity index is 524. The molecule has 0 atom stereocenters. The molecule has 3 nitrogen and oxygen atoms in total. The summed E-state index contributed by atoms with van der Waals surface area (Å²) in [6.45, 7) is 0. The van der Waals surface area contributed by atoms with Gasteiger partial charge in [-0.05, 0) is 0 Å². The molecular formula is C11H9N3S2+2. The van der Waals surface area contributed by atoms with Crippen LogP contribution < -0.4 is 9.13 Å². The monoisotopic (exact) mass is 247 g/mol. The van der Waals surface area contributed by atoms with E-state index < -0.39 is 0 Å². The standard InChI is InChI=1S/C11H9N3S2/c1-3-15-8-13(1)10-5-11(7-12-6-10)14-2-4-16-9-14/h1-9H/q+2. The number of rotatable bonds is 2. The topological polar surface area (TPSA) is 20.6 Å². The Kier molecular flexibility index (Phi) is 2.47. The molecule has 0 fully saturated rings. The van der Waals surface area contributed by atoms with Crippen LogP contribution in [-0.4, -0.2) is 4.98 Å². The fourth-order valence-electron chi connectivity index (χ4n) is 1.47. The molecule has 0 saturated carbocycles. The third-order valence-electron chi connectivity index (χ3n) is 2.25. The molecule has 0 bridgehead atoms. The fourth-order valence-corrected chi connectivity index (χ4v) is 2.65. The highest BCUT2D eigenvalue weighted by Crippen LogP contribution is 2.04. The van der Waals surface area contributed by atoms with E-state index in [-0.39, 0.29) is 0 Å². The van der Waals surface area contributed by atoms with Gasteiger partial charge in [-0.2, -0.15) is 9.13 Å². The van der Waals surface area contributed by atoms with E-state index in [0.717, 1.165) is 11.4 Å². The van der Waals surface area contributed by atoms with E-state index in [1.165, 1.54) is 0 Å². The van der Waals surface area contributed by atoms with E-state index in [9.17, 15) is 0 Å². The van der Waals surface area contributed by atoms with Crippen molar-refractivity contribution < 1.29 is 9.13 Å². The predicted molar refractivity (Wildman–Crippen MR) is 63.1 cm³/mol. The molecule has 0 aromatic carbocycles. The van der Waals surface area contributed by atoms with Crippen molar-refractivity contribution in [1.82, 2.24) is 4.98 Å². The lowest BCUT2D eigenvalue weighted by atomic mass is 10.3. The van der Waals surface area contributed by atoms with Gasteiger partial charge in [0.1, 0.15) is 0 Å². The van der Waals surface area contributed by atoms with Gasteiger partial charge in [0.25, 0.3) is 0 Å². The van der Waals surface area contributed by atoms with Gasteiger partial charge in [-0.25, -0.2) is 0 Å². The molecule has 0 aliphatic carbocycles. The number of pyridine rings is 1. The Morgan fingerprint density at radius 2 is 1.44 bits per heavy atom. The lowest BCUT2D eigenvalue weighted by molar-refractivity contribution is -0.599. The number of thiazole rings is 2. The maximum atomic E-state index is 4.26. The minimum atomic E-state index is 1.08. The Morgan fingerprint density at radius 1 is 0.875 bits per heavy atom. The van der Waals surface area contributed by atoms with Crippen LogP contribution in [0, 0.1) is 0 Å². The van der Waals surface area contributed by atoms with Crippen LogP contribution >= 0.6 is 22.7 Å². The Labute approximate surface area is 101 Å². The first kappa shape index (κ1) is 9.62. The van der Waals surface area contributed by atoms with Gasteiger partial charge in [-0.1, -0.05) is 22.7 Å². The third-order valence-corrected chi connectivity index (χ3v) is 3.51. The van der Waals surface area contributed by atoms with Crippen molar-refractivity contribution in [1.29, 1.82) is 0 Å². The fraction of sp³-hybridized carbons (Fsp3) is 0. The molecule has 5 heteroatoms. The second-order valence-corrected chi connectivity index (χ2v) is 4.78. The second kappa shape index (κ2) is 4.11. The summed E-state index contributed by atoms with van der Waals surface area (Å²) in [5.41, 5.74) is 6.27. The summed E-state index contributed by atoms with van der Waals surface area (Å²) in [4.78, 5) is 4.26. The summed E-state index contributed by atoms with van der Waals surface area (Å²) in [5, 5.41) is 4.09. The zero-order valence-electron chi connectivity index (χ0n) is 8.35. The van der Waals surface area contributed by atoms with E-state index in [1.807, 2.05) is 35.5 Å². The Morgan fingerprint density at radius 3 is 1.88 bits per heavy atom. The zero-order chi connectivity index (χ0) is 10.8. The summed E-state index contributed by atoms with van der Waals surface area (Å²) in [6.07, 6.45) is 7.79. The van der Waals surface area contributed by atoms with Gasteiger partial charge >= 0.3 is 0 Å². The molecule has 3 aromatic rings. The summed E-state index contributed by atoms with van der Waals surface area (Å²) < 4.78 is 4.13. The van der Waals surface area contributed by atoms with Crippen molar-refractivity contribution in [2.75, 3.05) is 0 Å². The van der Waals surface area contributed by atoms with Crippen molar-refractivity contribution in [3.05, 3.63) is 52.6 Å². The lowest BCUT2D eigenvalue weighted by Gasteiger charge is -1.92. The third kappa shape index (κ3) is 1.75. The summed E-state index contributed by atoms with van der Waals surface area (Å²) in [5.74, 6) is 0. The van der Waals surface area contributed by atoms with E-state index in [0.29, 0.717) is 0 Å². The van der Waals surface area contributed by atoms with Crippen LogP contribution in [0.3, 0.4) is 0 Å². The first-order valence-corrected chi connectivity index (χ1v) is 6.65. The molecule has 0 amide bonds. The van der Waals surface area contributed by atoms with Crippen molar-refractivity contribution in [3.63, 3.8) is 0 Å². The van der Waals surface area contributed by atoms with Gasteiger partial charge in [-0.3, -0.25) is 4.98 Å². The molecule has 3 heterocycles. The van der Waals surface area contributed by atoms with Crippen LogP contribution in [0.4, 0.5) is 0 Å². The highest BCUT2D eigenvalue weighted by atomic mass is 32.1. The van der Waals surface area contributed by atoms with E-state index in [1.54, 1.807) is 22.7 Å². The molecule has 0 N–H and O–H groups in total. The van der Waals surface area contributed by atoms with Gasteiger partial charge in [-0.15, -0.1) is 0 Å². The largest absolute Gasteiger partial charge is 0.251 e. The van der Waals surface area contributed by atoms with Crippen LogP contribution in [0.2, 0.25) is 0 Å². The van der Waals surface area contributed by atoms with E-state index >= 15 is 0 Å². The molecule has 3 aromatic heterocycles. The van der Waals surface area contributed by atoms with Crippen LogP contribution in [0.25, 0.3) is 11.4 Å². The molecule has 0 saturated heterocycles. The van der Waals surface area contributed by atoms with Crippen LogP contribution in [0.5, 0.6) is 0 Å². The molecule has 0 radical (unpaired) electrons. The van der Waals surface area contributed by atoms with Gasteiger partial charge < -0.3 is 0 Å². The smallest absolute Gasteiger partial charge is 0.236 e. The average molecular weight is 247 g/mol.